The van der Waals surface area contributed by atoms with Gasteiger partial charge in [0.2, 0.25) is 0 Å². The van der Waals surface area contributed by atoms with Crippen molar-refractivity contribution in [1.82, 2.24) is 0 Å². The zero-order valence-corrected chi connectivity index (χ0v) is 11.3. The molecule has 0 saturated carbocycles. The average molecular weight is 263 g/mol. The molecular weight excluding hydrogens is 239 g/mol. The molecule has 0 N–H and O–H groups in total. The molecule has 11 heavy (non-hydrogen) atoms. The third-order valence-corrected chi connectivity index (χ3v) is 11.1. The first-order valence-corrected chi connectivity index (χ1v) is 11.2. The van der Waals surface area contributed by atoms with Crippen molar-refractivity contribution in [1.29, 1.82) is 0 Å². The van der Waals surface area contributed by atoms with E-state index in [0.29, 0.717) is 0 Å². The topological polar surface area (TPSA) is 0 Å². The molecular formula is C10H24Sn-. The molecule has 0 heterocycles. The fourth-order valence-corrected chi connectivity index (χ4v) is 6.99. The molecule has 0 fully saturated rings. The summed E-state index contributed by atoms with van der Waals surface area (Å²) in [6, 6.07) is 0. The summed E-state index contributed by atoms with van der Waals surface area (Å²) in [7, 11) is 0. The van der Waals surface area contributed by atoms with Gasteiger partial charge in [-0.2, -0.15) is 0 Å². The predicted molar refractivity (Wildman–Crippen MR) is 56.8 cm³/mol. The van der Waals surface area contributed by atoms with Gasteiger partial charge in [-0.05, 0) is 0 Å². The van der Waals surface area contributed by atoms with Gasteiger partial charge in [0, 0.05) is 0 Å². The molecule has 0 aliphatic rings. The van der Waals surface area contributed by atoms with Crippen molar-refractivity contribution in [2.24, 2.45) is 0 Å². The second-order valence-corrected chi connectivity index (χ2v) is 13.0. The maximum atomic E-state index is 2.40. The minimum atomic E-state index is -0.751. The molecule has 0 aromatic heterocycles. The summed E-state index contributed by atoms with van der Waals surface area (Å²) >= 11 is -0.751. The Morgan fingerprint density at radius 1 is 0.909 bits per heavy atom. The zero-order valence-electron chi connectivity index (χ0n) is 9.45. The molecule has 0 unspecified atom stereocenters. The van der Waals surface area contributed by atoms with Crippen LogP contribution in [-0.4, -0.2) is 19.8 Å². The van der Waals surface area contributed by atoms with Gasteiger partial charge in [-0.15, -0.1) is 0 Å². The molecule has 0 atom stereocenters. The van der Waals surface area contributed by atoms with Crippen LogP contribution in [0.5, 0.6) is 0 Å². The summed E-state index contributed by atoms with van der Waals surface area (Å²) in [6.45, 7) is 7.09. The SMILES string of the molecule is CCCCC[CH2][Sn]([CH2]C)[CH2]C.[H-]. The van der Waals surface area contributed by atoms with Crippen LogP contribution in [0.3, 0.4) is 0 Å². The normalized spacial score (nSPS) is 10.9. The van der Waals surface area contributed by atoms with Gasteiger partial charge in [0.25, 0.3) is 0 Å². The smallest absolute Gasteiger partial charge is 1.00 e. The third-order valence-electron chi connectivity index (χ3n) is 2.38. The number of hydrogen-bond donors (Lipinski definition) is 0. The molecule has 0 aromatic carbocycles. The second-order valence-electron chi connectivity index (χ2n) is 3.27. The molecule has 1 radical (unpaired) electrons. The van der Waals surface area contributed by atoms with Crippen LogP contribution >= 0.6 is 0 Å². The van der Waals surface area contributed by atoms with Gasteiger partial charge >= 0.3 is 79.5 Å². The van der Waals surface area contributed by atoms with Crippen molar-refractivity contribution in [2.75, 3.05) is 0 Å². The van der Waals surface area contributed by atoms with Crippen LogP contribution in [-0.2, 0) is 0 Å². The van der Waals surface area contributed by atoms with Crippen LogP contribution in [0.15, 0.2) is 0 Å². The molecule has 0 nitrogen and oxygen atoms in total. The van der Waals surface area contributed by atoms with Crippen molar-refractivity contribution in [3.8, 4) is 0 Å². The Hall–Kier alpha value is 0.799. The van der Waals surface area contributed by atoms with E-state index in [0.717, 1.165) is 0 Å². The van der Waals surface area contributed by atoms with E-state index in [-0.39, 0.29) is 1.43 Å². The average Bonchev–Trinajstić information content (AvgIpc) is 2.05. The molecule has 0 saturated heterocycles. The van der Waals surface area contributed by atoms with E-state index >= 15 is 0 Å². The van der Waals surface area contributed by atoms with Gasteiger partial charge in [0.05, 0.1) is 0 Å². The Labute approximate surface area is 81.0 Å². The van der Waals surface area contributed by atoms with Crippen LogP contribution in [0, 0.1) is 0 Å². The number of rotatable bonds is 7. The summed E-state index contributed by atoms with van der Waals surface area (Å²) < 4.78 is 4.81. The fourth-order valence-electron chi connectivity index (χ4n) is 1.41. The van der Waals surface area contributed by atoms with Gasteiger partial charge in [0.15, 0.2) is 0 Å². The predicted octanol–water partition coefficient (Wildman–Crippen LogP) is 4.21. The summed E-state index contributed by atoms with van der Waals surface area (Å²) in [5, 5.41) is 0. The van der Waals surface area contributed by atoms with Crippen LogP contribution in [0.2, 0.25) is 13.3 Å². The first-order valence-electron chi connectivity index (χ1n) is 5.18. The maximum Gasteiger partial charge on any atom is -1.00 e. The Kier molecular flexibility index (Phi) is 9.54. The van der Waals surface area contributed by atoms with E-state index in [2.05, 4.69) is 20.8 Å². The first kappa shape index (κ1) is 11.8. The fraction of sp³-hybridized carbons (Fsp3) is 1.00. The van der Waals surface area contributed by atoms with E-state index in [1.54, 1.807) is 19.7 Å². The molecule has 1 heteroatoms. The van der Waals surface area contributed by atoms with Gasteiger partial charge in [-0.3, -0.25) is 0 Å². The van der Waals surface area contributed by atoms with Crippen LogP contribution in [0.1, 0.15) is 47.9 Å². The van der Waals surface area contributed by atoms with E-state index in [9.17, 15) is 0 Å². The van der Waals surface area contributed by atoms with Gasteiger partial charge in [-0.1, -0.05) is 0 Å². The third kappa shape index (κ3) is 7.17. The monoisotopic (exact) mass is 264 g/mol. The molecule has 0 aliphatic carbocycles. The second kappa shape index (κ2) is 8.89. The Bertz CT molecular complexity index is 72.2. The van der Waals surface area contributed by atoms with Crippen molar-refractivity contribution >= 4 is 19.8 Å². The maximum absolute atomic E-state index is 2.40. The molecule has 0 rings (SSSR count). The summed E-state index contributed by atoms with van der Waals surface area (Å²) in [5.41, 5.74) is 0. The quantitative estimate of drug-likeness (QED) is 0.476. The van der Waals surface area contributed by atoms with Crippen LogP contribution in [0.25, 0.3) is 0 Å². The van der Waals surface area contributed by atoms with Crippen LogP contribution in [0.4, 0.5) is 0 Å². The number of hydrogen-bond acceptors (Lipinski definition) is 0. The largest absolute Gasteiger partial charge is 1.00 e. The minimum Gasteiger partial charge on any atom is -1.00 e. The molecule has 0 amide bonds. The van der Waals surface area contributed by atoms with E-state index < -0.39 is 19.8 Å². The van der Waals surface area contributed by atoms with E-state index in [1.165, 1.54) is 19.3 Å². The summed E-state index contributed by atoms with van der Waals surface area (Å²) in [5.74, 6) is 0. The van der Waals surface area contributed by atoms with Gasteiger partial charge < -0.3 is 1.43 Å². The van der Waals surface area contributed by atoms with Crippen LogP contribution < -0.4 is 0 Å². The van der Waals surface area contributed by atoms with Crippen molar-refractivity contribution in [2.45, 2.75) is 59.8 Å². The standard InChI is InChI=1S/C6H13.2C2H5.Sn.H/c1-3-5-6-4-2;2*1-2;;/h1,3-6H2,2H3;2*1H2,2H3;;/q;;;;-1. The minimum absolute atomic E-state index is 0. The Morgan fingerprint density at radius 2 is 1.55 bits per heavy atom. The molecule has 69 valence electrons. The zero-order chi connectivity index (χ0) is 8.53. The van der Waals surface area contributed by atoms with E-state index in [4.69, 9.17) is 0 Å². The van der Waals surface area contributed by atoms with Crippen molar-refractivity contribution in [3.63, 3.8) is 0 Å². The number of unbranched alkanes of at least 4 members (excludes halogenated alkanes) is 3. The van der Waals surface area contributed by atoms with E-state index in [1.807, 2.05) is 0 Å². The van der Waals surface area contributed by atoms with Gasteiger partial charge in [-0.25, -0.2) is 0 Å². The Morgan fingerprint density at radius 3 is 2.00 bits per heavy atom. The van der Waals surface area contributed by atoms with Gasteiger partial charge in [0.1, 0.15) is 0 Å². The summed E-state index contributed by atoms with van der Waals surface area (Å²) in [6.07, 6.45) is 5.89. The van der Waals surface area contributed by atoms with Crippen molar-refractivity contribution < 1.29 is 1.43 Å². The first-order chi connectivity index (χ1) is 5.35. The molecule has 0 aromatic rings. The molecule has 0 spiro atoms. The summed E-state index contributed by atoms with van der Waals surface area (Å²) in [4.78, 5) is 0. The van der Waals surface area contributed by atoms with Crippen molar-refractivity contribution in [3.05, 3.63) is 0 Å². The Balaban J connectivity index is 0. The molecule has 0 bridgehead atoms. The molecule has 0 aliphatic heterocycles.